The van der Waals surface area contributed by atoms with Crippen molar-refractivity contribution in [2.75, 3.05) is 20.6 Å². The van der Waals surface area contributed by atoms with Gasteiger partial charge in [0.1, 0.15) is 0 Å². The molecule has 0 aliphatic heterocycles. The van der Waals surface area contributed by atoms with Crippen molar-refractivity contribution >= 4 is 21.6 Å². The maximum atomic E-state index is 12.4. The Morgan fingerprint density at radius 2 is 1.65 bits per heavy atom. The van der Waals surface area contributed by atoms with Gasteiger partial charge in [0.25, 0.3) is 0 Å². The molecule has 5 nitrogen and oxygen atoms in total. The molecule has 0 unspecified atom stereocenters. The first-order chi connectivity index (χ1) is 10.9. The van der Waals surface area contributed by atoms with E-state index in [-0.39, 0.29) is 17.5 Å². The second-order valence-electron chi connectivity index (χ2n) is 5.29. The summed E-state index contributed by atoms with van der Waals surface area (Å²) >= 11 is 5.80. The zero-order chi connectivity index (χ0) is 16.9. The monoisotopic (exact) mass is 353 g/mol. The molecule has 23 heavy (non-hydrogen) atoms. The second-order valence-corrected chi connectivity index (χ2v) is 7.50. The van der Waals surface area contributed by atoms with E-state index in [2.05, 4.69) is 10.1 Å². The van der Waals surface area contributed by atoms with Crippen molar-refractivity contribution in [2.45, 2.75) is 10.9 Å². The van der Waals surface area contributed by atoms with Gasteiger partial charge < -0.3 is 0 Å². The van der Waals surface area contributed by atoms with Gasteiger partial charge in [-0.1, -0.05) is 41.9 Å². The van der Waals surface area contributed by atoms with E-state index in [4.69, 9.17) is 11.6 Å². The molecule has 0 radical (unpaired) electrons. The van der Waals surface area contributed by atoms with E-state index in [1.54, 1.807) is 17.1 Å². The van der Waals surface area contributed by atoms with Gasteiger partial charge in [-0.25, -0.2) is 23.6 Å². The van der Waals surface area contributed by atoms with Crippen molar-refractivity contribution in [3.63, 3.8) is 0 Å². The standard InChI is InChI=1S/C16H20ClN3O2S/c1-20(2)19-16(13-6-4-3-5-7-13)12-18-23(21,22)15-10-8-14(17)9-11-15/h3-11,16,18-19H,12H2,1-2H3/t16-/m1/s1. The highest BCUT2D eigenvalue weighted by Crippen LogP contribution is 2.16. The highest BCUT2D eigenvalue weighted by molar-refractivity contribution is 7.89. The summed E-state index contributed by atoms with van der Waals surface area (Å²) in [5, 5.41) is 2.30. The first-order valence-electron chi connectivity index (χ1n) is 7.12. The first kappa shape index (κ1) is 17.9. The number of hydrogen-bond acceptors (Lipinski definition) is 4. The van der Waals surface area contributed by atoms with Crippen LogP contribution in [0.2, 0.25) is 5.02 Å². The van der Waals surface area contributed by atoms with Crippen LogP contribution in [0.1, 0.15) is 11.6 Å². The Morgan fingerprint density at radius 1 is 1.04 bits per heavy atom. The molecular formula is C16H20ClN3O2S. The third-order valence-corrected chi connectivity index (χ3v) is 4.91. The minimum atomic E-state index is -3.58. The van der Waals surface area contributed by atoms with Crippen molar-refractivity contribution in [2.24, 2.45) is 0 Å². The lowest BCUT2D eigenvalue weighted by molar-refractivity contribution is 0.243. The molecule has 2 aromatic carbocycles. The van der Waals surface area contributed by atoms with Crippen LogP contribution in [0.3, 0.4) is 0 Å². The van der Waals surface area contributed by atoms with E-state index in [9.17, 15) is 8.42 Å². The van der Waals surface area contributed by atoms with Gasteiger partial charge >= 0.3 is 0 Å². The summed E-state index contributed by atoms with van der Waals surface area (Å²) in [4.78, 5) is 0.193. The second kappa shape index (κ2) is 7.90. The van der Waals surface area contributed by atoms with E-state index < -0.39 is 10.0 Å². The van der Waals surface area contributed by atoms with E-state index in [0.717, 1.165) is 5.56 Å². The number of halogens is 1. The average molecular weight is 354 g/mol. The Labute approximate surface area is 142 Å². The van der Waals surface area contributed by atoms with Crippen LogP contribution in [-0.2, 0) is 10.0 Å². The number of nitrogens with one attached hydrogen (secondary N) is 2. The summed E-state index contributed by atoms with van der Waals surface area (Å²) in [5.41, 5.74) is 4.21. The Balaban J connectivity index is 2.12. The fourth-order valence-electron chi connectivity index (χ4n) is 2.13. The number of nitrogens with zero attached hydrogens (tertiary/aromatic N) is 1. The predicted molar refractivity (Wildman–Crippen MR) is 92.6 cm³/mol. The van der Waals surface area contributed by atoms with Gasteiger partial charge in [0.05, 0.1) is 10.9 Å². The van der Waals surface area contributed by atoms with E-state index >= 15 is 0 Å². The average Bonchev–Trinajstić information content (AvgIpc) is 2.52. The quantitative estimate of drug-likeness (QED) is 0.750. The highest BCUT2D eigenvalue weighted by Gasteiger charge is 2.18. The Hall–Kier alpha value is -1.44. The molecule has 0 aliphatic rings. The van der Waals surface area contributed by atoms with Gasteiger partial charge in [0.15, 0.2) is 0 Å². The molecule has 0 aliphatic carbocycles. The smallest absolute Gasteiger partial charge is 0.240 e. The third-order valence-electron chi connectivity index (χ3n) is 3.22. The number of hydrazine groups is 1. The molecule has 0 aromatic heterocycles. The van der Waals surface area contributed by atoms with Crippen LogP contribution in [-0.4, -0.2) is 34.1 Å². The van der Waals surface area contributed by atoms with Crippen molar-refractivity contribution in [3.05, 3.63) is 65.2 Å². The molecule has 2 N–H and O–H groups in total. The Kier molecular flexibility index (Phi) is 6.15. The van der Waals surface area contributed by atoms with Gasteiger partial charge in [-0.3, -0.25) is 0 Å². The predicted octanol–water partition coefficient (Wildman–Crippen LogP) is 2.43. The highest BCUT2D eigenvalue weighted by atomic mass is 35.5. The molecule has 0 saturated carbocycles. The molecule has 0 heterocycles. The van der Waals surface area contributed by atoms with Crippen LogP contribution in [0.15, 0.2) is 59.5 Å². The molecule has 0 spiro atoms. The van der Waals surface area contributed by atoms with E-state index in [1.807, 2.05) is 44.4 Å². The van der Waals surface area contributed by atoms with Gasteiger partial charge in [-0.05, 0) is 29.8 Å². The lowest BCUT2D eigenvalue weighted by Gasteiger charge is -2.23. The van der Waals surface area contributed by atoms with E-state index in [0.29, 0.717) is 5.02 Å². The van der Waals surface area contributed by atoms with Crippen LogP contribution in [0.25, 0.3) is 0 Å². The van der Waals surface area contributed by atoms with Gasteiger partial charge in [0.2, 0.25) is 10.0 Å². The Morgan fingerprint density at radius 3 is 2.22 bits per heavy atom. The van der Waals surface area contributed by atoms with Crippen LogP contribution in [0.4, 0.5) is 0 Å². The lowest BCUT2D eigenvalue weighted by atomic mass is 10.1. The molecule has 0 fully saturated rings. The van der Waals surface area contributed by atoms with Crippen molar-refractivity contribution in [3.8, 4) is 0 Å². The maximum Gasteiger partial charge on any atom is 0.240 e. The number of sulfonamides is 1. The zero-order valence-corrected chi connectivity index (χ0v) is 14.6. The summed E-state index contributed by atoms with van der Waals surface area (Å²) in [7, 11) is 0.146. The summed E-state index contributed by atoms with van der Waals surface area (Å²) < 4.78 is 27.4. The minimum Gasteiger partial charge on any atom is -0.250 e. The van der Waals surface area contributed by atoms with Gasteiger partial charge in [0, 0.05) is 25.7 Å². The molecule has 2 rings (SSSR count). The topological polar surface area (TPSA) is 61.4 Å². The number of hydrogen-bond donors (Lipinski definition) is 2. The Bertz CT molecular complexity index is 719. The van der Waals surface area contributed by atoms with Crippen molar-refractivity contribution in [1.29, 1.82) is 0 Å². The van der Waals surface area contributed by atoms with Crippen LogP contribution in [0, 0.1) is 0 Å². The third kappa shape index (κ3) is 5.30. The van der Waals surface area contributed by atoms with Gasteiger partial charge in [-0.2, -0.15) is 0 Å². The van der Waals surface area contributed by atoms with Crippen LogP contribution in [0.5, 0.6) is 0 Å². The lowest BCUT2D eigenvalue weighted by Crippen LogP contribution is -2.41. The summed E-state index contributed by atoms with van der Waals surface area (Å²) in [6, 6.07) is 15.6. The fraction of sp³-hybridized carbons (Fsp3) is 0.250. The van der Waals surface area contributed by atoms with Crippen molar-refractivity contribution in [1.82, 2.24) is 15.2 Å². The van der Waals surface area contributed by atoms with Crippen LogP contribution < -0.4 is 10.1 Å². The maximum absolute atomic E-state index is 12.4. The molecule has 1 atom stereocenters. The molecule has 0 amide bonds. The SMILES string of the molecule is CN(C)N[C@H](CNS(=O)(=O)c1ccc(Cl)cc1)c1ccccc1. The van der Waals surface area contributed by atoms with Gasteiger partial charge in [-0.15, -0.1) is 0 Å². The van der Waals surface area contributed by atoms with Crippen molar-refractivity contribution < 1.29 is 8.42 Å². The molecule has 2 aromatic rings. The normalized spacial score (nSPS) is 13.2. The van der Waals surface area contributed by atoms with E-state index in [1.165, 1.54) is 12.1 Å². The largest absolute Gasteiger partial charge is 0.250 e. The summed E-state index contributed by atoms with van der Waals surface area (Å²) in [6.07, 6.45) is 0. The minimum absolute atomic E-state index is 0.173. The van der Waals surface area contributed by atoms with Crippen LogP contribution >= 0.6 is 11.6 Å². The molecule has 0 bridgehead atoms. The number of benzene rings is 2. The zero-order valence-electron chi connectivity index (χ0n) is 13.0. The summed E-state index contributed by atoms with van der Waals surface area (Å²) in [5.74, 6) is 0. The fourth-order valence-corrected chi connectivity index (χ4v) is 3.30. The summed E-state index contributed by atoms with van der Waals surface area (Å²) in [6.45, 7) is 0.229. The number of rotatable bonds is 7. The molecule has 0 saturated heterocycles. The molecule has 124 valence electrons. The first-order valence-corrected chi connectivity index (χ1v) is 8.98. The molecule has 7 heteroatoms. The molecular weight excluding hydrogens is 334 g/mol.